The topological polar surface area (TPSA) is 99.1 Å². The zero-order valence-electron chi connectivity index (χ0n) is 8.84. The molecule has 0 spiro atoms. The van der Waals surface area contributed by atoms with Gasteiger partial charge in [-0.05, 0) is 5.56 Å². The van der Waals surface area contributed by atoms with E-state index in [2.05, 4.69) is 5.32 Å². The van der Waals surface area contributed by atoms with Crippen molar-refractivity contribution in [3.63, 3.8) is 0 Å². The van der Waals surface area contributed by atoms with Crippen LogP contribution in [0.1, 0.15) is 12.5 Å². The minimum atomic E-state index is -0.750. The molecule has 0 aromatic carbocycles. The number of nitrogens with one attached hydrogen (secondary N) is 1. The van der Waals surface area contributed by atoms with Crippen molar-refractivity contribution in [3.05, 3.63) is 35.3 Å². The lowest BCUT2D eigenvalue weighted by Crippen LogP contribution is -2.45. The van der Waals surface area contributed by atoms with Gasteiger partial charge in [0.15, 0.2) is 12.4 Å². The van der Waals surface area contributed by atoms with E-state index in [1.165, 1.54) is 19.3 Å². The average molecular weight is 223 g/mol. The van der Waals surface area contributed by atoms with Crippen LogP contribution >= 0.6 is 0 Å². The maximum absolute atomic E-state index is 11.0. The predicted molar refractivity (Wildman–Crippen MR) is 55.9 cm³/mol. The Balaban J connectivity index is 2.71. The molecular weight excluding hydrogens is 210 g/mol. The van der Waals surface area contributed by atoms with Crippen molar-refractivity contribution >= 4 is 11.8 Å². The van der Waals surface area contributed by atoms with Crippen molar-refractivity contribution in [2.45, 2.75) is 19.4 Å². The van der Waals surface area contributed by atoms with Crippen molar-refractivity contribution in [2.24, 2.45) is 5.73 Å². The van der Waals surface area contributed by atoms with Gasteiger partial charge in [-0.2, -0.15) is 4.73 Å². The second-order valence-corrected chi connectivity index (χ2v) is 3.43. The summed E-state index contributed by atoms with van der Waals surface area (Å²) in [6.07, 6.45) is 2.91. The van der Waals surface area contributed by atoms with E-state index in [0.717, 1.165) is 5.56 Å². The largest absolute Gasteiger partial charge is 0.619 e. The Kier molecular flexibility index (Phi) is 3.82. The highest BCUT2D eigenvalue weighted by molar-refractivity contribution is 5.85. The normalized spacial score (nSPS) is 11.8. The fourth-order valence-corrected chi connectivity index (χ4v) is 1.28. The molecule has 0 aliphatic rings. The number of carbonyl (C=O) groups excluding carboxylic acids is 2. The number of carbonyl (C=O) groups is 2. The zero-order chi connectivity index (χ0) is 12.1. The van der Waals surface area contributed by atoms with Crippen molar-refractivity contribution in [1.29, 1.82) is 0 Å². The summed E-state index contributed by atoms with van der Waals surface area (Å²) < 4.78 is 0.640. The Labute approximate surface area is 92.6 Å². The quantitative estimate of drug-likeness (QED) is 0.498. The standard InChI is InChI=1S/C10H13N3O3/c1-7(14)12-9(10(11)15)6-8-2-4-13(16)5-3-8/h2-5,9H,6H2,1H3,(H2,11,15)(H,12,14)/t9-/m0/s1. The minimum Gasteiger partial charge on any atom is -0.619 e. The molecular formula is C10H13N3O3. The number of nitrogens with two attached hydrogens (primary N) is 1. The molecule has 0 aliphatic carbocycles. The average Bonchev–Trinajstić information content (AvgIpc) is 2.19. The van der Waals surface area contributed by atoms with E-state index >= 15 is 0 Å². The second-order valence-electron chi connectivity index (χ2n) is 3.43. The number of aromatic nitrogens is 1. The van der Waals surface area contributed by atoms with E-state index in [1.807, 2.05) is 0 Å². The van der Waals surface area contributed by atoms with E-state index in [9.17, 15) is 14.8 Å². The molecule has 1 heterocycles. The summed E-state index contributed by atoms with van der Waals surface area (Å²) in [5.74, 6) is -0.923. The predicted octanol–water partition coefficient (Wildman–Crippen LogP) is -1.15. The van der Waals surface area contributed by atoms with Crippen molar-refractivity contribution in [1.82, 2.24) is 5.32 Å². The summed E-state index contributed by atoms with van der Waals surface area (Å²) in [7, 11) is 0. The fourth-order valence-electron chi connectivity index (χ4n) is 1.28. The number of nitrogens with zero attached hydrogens (tertiary/aromatic N) is 1. The van der Waals surface area contributed by atoms with Gasteiger partial charge in [0.1, 0.15) is 6.04 Å². The van der Waals surface area contributed by atoms with Gasteiger partial charge in [-0.25, -0.2) is 0 Å². The van der Waals surface area contributed by atoms with E-state index < -0.39 is 11.9 Å². The van der Waals surface area contributed by atoms with Crippen LogP contribution in [0, 0.1) is 5.21 Å². The van der Waals surface area contributed by atoms with Gasteiger partial charge in [0.05, 0.1) is 0 Å². The third-order valence-electron chi connectivity index (χ3n) is 2.03. The van der Waals surface area contributed by atoms with E-state index in [1.54, 1.807) is 12.1 Å². The molecule has 6 heteroatoms. The summed E-state index contributed by atoms with van der Waals surface area (Å²) in [5.41, 5.74) is 5.90. The van der Waals surface area contributed by atoms with Crippen LogP contribution < -0.4 is 15.8 Å². The van der Waals surface area contributed by atoms with Crippen LogP contribution in [0.2, 0.25) is 0 Å². The first-order valence-corrected chi connectivity index (χ1v) is 4.73. The molecule has 0 fully saturated rings. The molecule has 1 aromatic rings. The molecule has 86 valence electrons. The molecule has 16 heavy (non-hydrogen) atoms. The van der Waals surface area contributed by atoms with Crippen LogP contribution in [-0.4, -0.2) is 17.9 Å². The van der Waals surface area contributed by atoms with Gasteiger partial charge < -0.3 is 16.3 Å². The van der Waals surface area contributed by atoms with Crippen molar-refractivity contribution < 1.29 is 14.3 Å². The summed E-state index contributed by atoms with van der Waals surface area (Å²) in [6.45, 7) is 1.31. The van der Waals surface area contributed by atoms with Gasteiger partial charge in [-0.1, -0.05) is 0 Å². The van der Waals surface area contributed by atoms with Crippen LogP contribution in [0.25, 0.3) is 0 Å². The third-order valence-corrected chi connectivity index (χ3v) is 2.03. The Morgan fingerprint density at radius 3 is 2.50 bits per heavy atom. The van der Waals surface area contributed by atoms with Crippen LogP contribution in [0.5, 0.6) is 0 Å². The summed E-state index contributed by atoms with van der Waals surface area (Å²) >= 11 is 0. The summed E-state index contributed by atoms with van der Waals surface area (Å²) in [5, 5.41) is 13.2. The van der Waals surface area contributed by atoms with Crippen LogP contribution in [-0.2, 0) is 16.0 Å². The molecule has 0 aliphatic heterocycles. The van der Waals surface area contributed by atoms with E-state index in [-0.39, 0.29) is 12.3 Å². The van der Waals surface area contributed by atoms with Crippen molar-refractivity contribution in [3.8, 4) is 0 Å². The number of primary amides is 1. The lowest BCUT2D eigenvalue weighted by atomic mass is 10.1. The van der Waals surface area contributed by atoms with E-state index in [0.29, 0.717) is 4.73 Å². The molecule has 3 N–H and O–H groups in total. The second kappa shape index (κ2) is 5.11. The van der Waals surface area contributed by atoms with Gasteiger partial charge >= 0.3 is 0 Å². The molecule has 0 radical (unpaired) electrons. The number of amides is 2. The molecule has 2 amide bonds. The molecule has 0 saturated carbocycles. The molecule has 1 aromatic heterocycles. The van der Waals surface area contributed by atoms with Gasteiger partial charge in [0.25, 0.3) is 0 Å². The monoisotopic (exact) mass is 223 g/mol. The molecule has 1 atom stereocenters. The smallest absolute Gasteiger partial charge is 0.240 e. The van der Waals surface area contributed by atoms with Crippen LogP contribution in [0.15, 0.2) is 24.5 Å². The van der Waals surface area contributed by atoms with Crippen LogP contribution in [0.3, 0.4) is 0 Å². The highest BCUT2D eigenvalue weighted by Crippen LogP contribution is 2.00. The van der Waals surface area contributed by atoms with Crippen LogP contribution in [0.4, 0.5) is 0 Å². The highest BCUT2D eigenvalue weighted by atomic mass is 16.5. The molecule has 0 saturated heterocycles. The maximum Gasteiger partial charge on any atom is 0.240 e. The summed E-state index contributed by atoms with van der Waals surface area (Å²) in [4.78, 5) is 21.9. The van der Waals surface area contributed by atoms with Gasteiger partial charge in [0, 0.05) is 25.5 Å². The number of hydrogen-bond acceptors (Lipinski definition) is 3. The highest BCUT2D eigenvalue weighted by Gasteiger charge is 2.16. The van der Waals surface area contributed by atoms with Gasteiger partial charge in [-0.15, -0.1) is 0 Å². The van der Waals surface area contributed by atoms with E-state index in [4.69, 9.17) is 5.73 Å². The summed E-state index contributed by atoms with van der Waals surface area (Å²) in [6, 6.07) is 2.40. The Morgan fingerprint density at radius 2 is 2.06 bits per heavy atom. The molecule has 1 rings (SSSR count). The lowest BCUT2D eigenvalue weighted by Gasteiger charge is -2.13. The minimum absolute atomic E-state index is 0.274. The first-order chi connectivity index (χ1) is 7.49. The number of rotatable bonds is 4. The Morgan fingerprint density at radius 1 is 1.50 bits per heavy atom. The van der Waals surface area contributed by atoms with Gasteiger partial charge in [0.2, 0.25) is 11.8 Å². The number of hydrogen-bond donors (Lipinski definition) is 2. The Bertz CT molecular complexity index is 389. The van der Waals surface area contributed by atoms with Crippen molar-refractivity contribution in [2.75, 3.05) is 0 Å². The van der Waals surface area contributed by atoms with Gasteiger partial charge in [-0.3, -0.25) is 9.59 Å². The first-order valence-electron chi connectivity index (χ1n) is 4.73. The third kappa shape index (κ3) is 3.56. The molecule has 6 nitrogen and oxygen atoms in total. The number of pyridine rings is 1. The zero-order valence-corrected chi connectivity index (χ0v) is 8.84. The lowest BCUT2D eigenvalue weighted by molar-refractivity contribution is -0.605. The molecule has 0 unspecified atom stereocenters. The maximum atomic E-state index is 11.0. The Hall–Kier alpha value is -2.11. The first kappa shape index (κ1) is 12.0. The fraction of sp³-hybridized carbons (Fsp3) is 0.300. The SMILES string of the molecule is CC(=O)N[C@@H](Cc1cc[n+]([O-])cc1)C(N)=O. The molecule has 0 bridgehead atoms.